The molecule has 1 aromatic rings. The molecule has 0 unspecified atom stereocenters. The summed E-state index contributed by atoms with van der Waals surface area (Å²) < 4.78 is 30.5. The number of alkyl halides is 2. The lowest BCUT2D eigenvalue weighted by Gasteiger charge is -2.00. The molecule has 0 saturated heterocycles. The van der Waals surface area contributed by atoms with Crippen molar-refractivity contribution in [1.82, 2.24) is 9.78 Å². The van der Waals surface area contributed by atoms with E-state index in [0.29, 0.717) is 0 Å². The fraction of sp³-hybridized carbons (Fsp3) is 0.500. The number of halogens is 2. The number of esters is 1. The summed E-state index contributed by atoms with van der Waals surface area (Å²) in [6, 6.07) is 0. The summed E-state index contributed by atoms with van der Waals surface area (Å²) in [5.74, 6) is -0.728. The quantitative estimate of drug-likeness (QED) is 0.703. The molecule has 0 saturated carbocycles. The van der Waals surface area contributed by atoms with Gasteiger partial charge in [-0.2, -0.15) is 5.10 Å². The molecule has 0 aliphatic heterocycles. The SMILES string of the molecule is CCC(=O)Oc1cn(C)nc1C(F)F. The van der Waals surface area contributed by atoms with Gasteiger partial charge in [-0.25, -0.2) is 8.78 Å². The average molecular weight is 204 g/mol. The van der Waals surface area contributed by atoms with Gasteiger partial charge in [-0.15, -0.1) is 0 Å². The molecule has 4 nitrogen and oxygen atoms in total. The third kappa shape index (κ3) is 2.27. The number of hydrogen-bond donors (Lipinski definition) is 0. The Morgan fingerprint density at radius 3 is 2.86 bits per heavy atom. The molecule has 0 amide bonds. The van der Waals surface area contributed by atoms with Crippen LogP contribution in [-0.4, -0.2) is 15.7 Å². The predicted molar refractivity (Wildman–Crippen MR) is 44.1 cm³/mol. The van der Waals surface area contributed by atoms with Gasteiger partial charge < -0.3 is 4.74 Å². The molecule has 0 aliphatic rings. The summed E-state index contributed by atoms with van der Waals surface area (Å²) in [4.78, 5) is 10.9. The number of carbonyl (C=O) groups excluding carboxylic acids is 1. The lowest BCUT2D eigenvalue weighted by atomic mass is 10.4. The van der Waals surface area contributed by atoms with Crippen molar-refractivity contribution >= 4 is 5.97 Å². The molecule has 78 valence electrons. The van der Waals surface area contributed by atoms with E-state index >= 15 is 0 Å². The van der Waals surface area contributed by atoms with Gasteiger partial charge in [0.1, 0.15) is 0 Å². The second kappa shape index (κ2) is 4.17. The molecule has 14 heavy (non-hydrogen) atoms. The van der Waals surface area contributed by atoms with Gasteiger partial charge in [0.25, 0.3) is 6.43 Å². The Bertz CT molecular complexity index is 336. The number of aryl methyl sites for hydroxylation is 1. The fourth-order valence-corrected chi connectivity index (χ4v) is 0.909. The fourth-order valence-electron chi connectivity index (χ4n) is 0.909. The molecular formula is C8H10F2N2O2. The van der Waals surface area contributed by atoms with Gasteiger partial charge in [-0.1, -0.05) is 6.92 Å². The summed E-state index contributed by atoms with van der Waals surface area (Å²) in [7, 11) is 1.48. The first-order valence-electron chi connectivity index (χ1n) is 4.07. The molecule has 0 fully saturated rings. The minimum atomic E-state index is -2.74. The monoisotopic (exact) mass is 204 g/mol. The summed E-state index contributed by atoms with van der Waals surface area (Å²) in [6.45, 7) is 1.58. The first-order valence-corrected chi connectivity index (χ1v) is 4.07. The van der Waals surface area contributed by atoms with Gasteiger partial charge in [-0.05, 0) is 0 Å². The maximum absolute atomic E-state index is 12.3. The van der Waals surface area contributed by atoms with Gasteiger partial charge in [0.15, 0.2) is 11.4 Å². The summed E-state index contributed by atoms with van der Waals surface area (Å²) in [5.41, 5.74) is -0.505. The van der Waals surface area contributed by atoms with E-state index in [1.165, 1.54) is 17.9 Å². The van der Waals surface area contributed by atoms with Crippen LogP contribution in [0.2, 0.25) is 0 Å². The summed E-state index contributed by atoms with van der Waals surface area (Å²) >= 11 is 0. The standard InChI is InChI=1S/C8H10F2N2O2/c1-3-6(13)14-5-4-12(2)11-7(5)8(9)10/h4,8H,3H2,1-2H3. The zero-order valence-electron chi connectivity index (χ0n) is 7.83. The number of rotatable bonds is 3. The van der Waals surface area contributed by atoms with Gasteiger partial charge in [0.2, 0.25) is 0 Å². The zero-order valence-corrected chi connectivity index (χ0v) is 7.83. The molecule has 0 bridgehead atoms. The third-order valence-electron chi connectivity index (χ3n) is 1.54. The predicted octanol–water partition coefficient (Wildman–Crippen LogP) is 1.67. The second-order valence-corrected chi connectivity index (χ2v) is 2.68. The minimum Gasteiger partial charge on any atom is -0.423 e. The molecule has 0 atom stereocenters. The summed E-state index contributed by atoms with van der Waals surface area (Å²) in [5, 5.41) is 3.49. The van der Waals surface area contributed by atoms with Crippen molar-refractivity contribution in [1.29, 1.82) is 0 Å². The average Bonchev–Trinajstić information content (AvgIpc) is 2.46. The van der Waals surface area contributed by atoms with Gasteiger partial charge >= 0.3 is 5.97 Å². The maximum atomic E-state index is 12.3. The van der Waals surface area contributed by atoms with Crippen LogP contribution in [0.4, 0.5) is 8.78 Å². The molecule has 1 heterocycles. The molecule has 0 aromatic carbocycles. The van der Waals surface area contributed by atoms with E-state index in [9.17, 15) is 13.6 Å². The number of ether oxygens (including phenoxy) is 1. The highest BCUT2D eigenvalue weighted by Gasteiger charge is 2.20. The van der Waals surface area contributed by atoms with E-state index in [-0.39, 0.29) is 12.2 Å². The highest BCUT2D eigenvalue weighted by molar-refractivity contribution is 5.72. The van der Waals surface area contributed by atoms with Crippen molar-refractivity contribution in [2.45, 2.75) is 19.8 Å². The van der Waals surface area contributed by atoms with Crippen LogP contribution in [-0.2, 0) is 11.8 Å². The Morgan fingerprint density at radius 1 is 1.71 bits per heavy atom. The van der Waals surface area contributed by atoms with Gasteiger partial charge in [-0.3, -0.25) is 9.48 Å². The van der Waals surface area contributed by atoms with E-state index < -0.39 is 18.1 Å². The van der Waals surface area contributed by atoms with Crippen LogP contribution in [0.25, 0.3) is 0 Å². The maximum Gasteiger partial charge on any atom is 0.311 e. The highest BCUT2D eigenvalue weighted by atomic mass is 19.3. The highest BCUT2D eigenvalue weighted by Crippen LogP contribution is 2.27. The van der Waals surface area contributed by atoms with Crippen molar-refractivity contribution in [2.75, 3.05) is 0 Å². The second-order valence-electron chi connectivity index (χ2n) is 2.68. The third-order valence-corrected chi connectivity index (χ3v) is 1.54. The van der Waals surface area contributed by atoms with Crippen molar-refractivity contribution in [3.8, 4) is 5.75 Å². The molecule has 1 rings (SSSR count). The van der Waals surface area contributed by atoms with Crippen LogP contribution in [0.3, 0.4) is 0 Å². The molecule has 0 radical (unpaired) electrons. The minimum absolute atomic E-state index is 0.136. The van der Waals surface area contributed by atoms with E-state index in [2.05, 4.69) is 9.84 Å². The molecule has 0 spiro atoms. The largest absolute Gasteiger partial charge is 0.423 e. The Kier molecular flexibility index (Phi) is 3.16. The van der Waals surface area contributed by atoms with E-state index in [1.807, 2.05) is 0 Å². The van der Waals surface area contributed by atoms with E-state index in [1.54, 1.807) is 6.92 Å². The smallest absolute Gasteiger partial charge is 0.311 e. The van der Waals surface area contributed by atoms with Gasteiger partial charge in [0.05, 0.1) is 6.20 Å². The number of hydrogen-bond acceptors (Lipinski definition) is 3. The van der Waals surface area contributed by atoms with Crippen LogP contribution in [0, 0.1) is 0 Å². The topological polar surface area (TPSA) is 44.1 Å². The molecule has 0 N–H and O–H groups in total. The Balaban J connectivity index is 2.89. The van der Waals surface area contributed by atoms with Crippen molar-refractivity contribution in [3.63, 3.8) is 0 Å². The van der Waals surface area contributed by atoms with Crippen molar-refractivity contribution in [3.05, 3.63) is 11.9 Å². The van der Waals surface area contributed by atoms with Crippen molar-refractivity contribution < 1.29 is 18.3 Å². The molecule has 0 aliphatic carbocycles. The molecule has 6 heteroatoms. The molecule has 1 aromatic heterocycles. The van der Waals surface area contributed by atoms with Crippen molar-refractivity contribution in [2.24, 2.45) is 7.05 Å². The first-order chi connectivity index (χ1) is 6.54. The Hall–Kier alpha value is -1.46. The number of nitrogens with zero attached hydrogens (tertiary/aromatic N) is 2. The number of carbonyl (C=O) groups is 1. The number of aromatic nitrogens is 2. The lowest BCUT2D eigenvalue weighted by Crippen LogP contribution is -2.06. The Labute approximate surface area is 79.5 Å². The lowest BCUT2D eigenvalue weighted by molar-refractivity contribution is -0.134. The van der Waals surface area contributed by atoms with Gasteiger partial charge in [0, 0.05) is 13.5 Å². The summed E-state index contributed by atoms with van der Waals surface area (Å²) in [6.07, 6.45) is -1.36. The van der Waals surface area contributed by atoms with Crippen LogP contribution >= 0.6 is 0 Å². The van der Waals surface area contributed by atoms with Crippen LogP contribution in [0.15, 0.2) is 6.20 Å². The normalized spacial score (nSPS) is 10.6. The first kappa shape index (κ1) is 10.6. The van der Waals surface area contributed by atoms with Crippen LogP contribution in [0.5, 0.6) is 5.75 Å². The van der Waals surface area contributed by atoms with Crippen LogP contribution in [0.1, 0.15) is 25.5 Å². The Morgan fingerprint density at radius 2 is 2.36 bits per heavy atom. The van der Waals surface area contributed by atoms with E-state index in [4.69, 9.17) is 0 Å². The zero-order chi connectivity index (χ0) is 10.7. The van der Waals surface area contributed by atoms with Crippen LogP contribution < -0.4 is 4.74 Å². The van der Waals surface area contributed by atoms with E-state index in [0.717, 1.165) is 0 Å². The molecular weight excluding hydrogens is 194 g/mol.